The molecule has 2 aromatic carbocycles. The van der Waals surface area contributed by atoms with Crippen molar-refractivity contribution in [3.8, 4) is 0 Å². The molecule has 0 aliphatic carbocycles. The first-order chi connectivity index (χ1) is 10.3. The summed E-state index contributed by atoms with van der Waals surface area (Å²) in [5, 5.41) is 6.47. The Kier molecular flexibility index (Phi) is 3.97. The molecule has 1 unspecified atom stereocenters. The molecule has 0 fully saturated rings. The molecule has 21 heavy (non-hydrogen) atoms. The van der Waals surface area contributed by atoms with Crippen molar-refractivity contribution in [2.45, 2.75) is 32.2 Å². The molecule has 3 aromatic rings. The van der Waals surface area contributed by atoms with E-state index in [-0.39, 0.29) is 6.04 Å². The highest BCUT2D eigenvalue weighted by Gasteiger charge is 2.11. The minimum atomic E-state index is 0.0907. The van der Waals surface area contributed by atoms with Crippen LogP contribution in [0.15, 0.2) is 47.0 Å². The number of nitrogens with zero attached hydrogens (tertiary/aromatic N) is 2. The molecule has 0 aliphatic rings. The van der Waals surface area contributed by atoms with Gasteiger partial charge in [-0.05, 0) is 22.8 Å². The van der Waals surface area contributed by atoms with Crippen LogP contribution in [0.2, 0.25) is 0 Å². The van der Waals surface area contributed by atoms with E-state index in [4.69, 9.17) is 10.3 Å². The average Bonchev–Trinajstić information content (AvgIpc) is 2.94. The molecule has 0 saturated heterocycles. The molecule has 0 bridgehead atoms. The Hall–Kier alpha value is -2.20. The largest absolute Gasteiger partial charge is 0.339 e. The highest BCUT2D eigenvalue weighted by molar-refractivity contribution is 5.85. The molecule has 1 heterocycles. The van der Waals surface area contributed by atoms with Gasteiger partial charge in [-0.15, -0.1) is 0 Å². The lowest BCUT2D eigenvalue weighted by molar-refractivity contribution is 0.378. The minimum absolute atomic E-state index is 0.0907. The quantitative estimate of drug-likeness (QED) is 0.780. The SMILES string of the molecule is CCC(N)Cc1noc(Cc2cccc3ccccc23)n1. The van der Waals surface area contributed by atoms with Gasteiger partial charge in [0.2, 0.25) is 5.89 Å². The van der Waals surface area contributed by atoms with E-state index < -0.39 is 0 Å². The smallest absolute Gasteiger partial charge is 0.231 e. The van der Waals surface area contributed by atoms with Crippen LogP contribution in [-0.2, 0) is 12.8 Å². The third kappa shape index (κ3) is 3.11. The Bertz CT molecular complexity index is 730. The first-order valence-electron chi connectivity index (χ1n) is 7.30. The van der Waals surface area contributed by atoms with Gasteiger partial charge in [0, 0.05) is 12.5 Å². The zero-order valence-electron chi connectivity index (χ0n) is 12.1. The molecule has 0 amide bonds. The molecule has 4 heteroatoms. The van der Waals surface area contributed by atoms with E-state index in [1.165, 1.54) is 16.3 Å². The Morgan fingerprint density at radius 3 is 2.81 bits per heavy atom. The summed E-state index contributed by atoms with van der Waals surface area (Å²) in [6, 6.07) is 14.7. The molecule has 0 radical (unpaired) electrons. The van der Waals surface area contributed by atoms with Gasteiger partial charge >= 0.3 is 0 Å². The van der Waals surface area contributed by atoms with E-state index in [0.29, 0.717) is 24.6 Å². The van der Waals surface area contributed by atoms with Crippen LogP contribution in [0.4, 0.5) is 0 Å². The third-order valence-electron chi connectivity index (χ3n) is 3.70. The first kappa shape index (κ1) is 13.8. The fourth-order valence-corrected chi connectivity index (χ4v) is 2.43. The molecule has 3 rings (SSSR count). The zero-order chi connectivity index (χ0) is 14.7. The Labute approximate surface area is 124 Å². The summed E-state index contributed by atoms with van der Waals surface area (Å²) in [7, 11) is 0. The lowest BCUT2D eigenvalue weighted by atomic mass is 10.0. The fourth-order valence-electron chi connectivity index (χ4n) is 2.43. The Morgan fingerprint density at radius 1 is 1.14 bits per heavy atom. The molecule has 1 atom stereocenters. The molecule has 0 spiro atoms. The van der Waals surface area contributed by atoms with E-state index >= 15 is 0 Å². The van der Waals surface area contributed by atoms with E-state index in [1.54, 1.807) is 0 Å². The topological polar surface area (TPSA) is 64.9 Å². The van der Waals surface area contributed by atoms with Crippen molar-refractivity contribution in [2.75, 3.05) is 0 Å². The molecule has 2 N–H and O–H groups in total. The zero-order valence-corrected chi connectivity index (χ0v) is 12.1. The summed E-state index contributed by atoms with van der Waals surface area (Å²) in [4.78, 5) is 4.44. The predicted octanol–water partition coefficient (Wildman–Crippen LogP) is 3.09. The second-order valence-corrected chi connectivity index (χ2v) is 5.29. The highest BCUT2D eigenvalue weighted by atomic mass is 16.5. The van der Waals surface area contributed by atoms with Gasteiger partial charge in [-0.1, -0.05) is 54.5 Å². The highest BCUT2D eigenvalue weighted by Crippen LogP contribution is 2.20. The van der Waals surface area contributed by atoms with Gasteiger partial charge in [0.25, 0.3) is 0 Å². The average molecular weight is 281 g/mol. The van der Waals surface area contributed by atoms with Gasteiger partial charge in [-0.25, -0.2) is 0 Å². The maximum absolute atomic E-state index is 5.92. The summed E-state index contributed by atoms with van der Waals surface area (Å²) in [5.74, 6) is 1.34. The van der Waals surface area contributed by atoms with E-state index in [1.807, 2.05) is 12.1 Å². The number of nitrogens with two attached hydrogens (primary N) is 1. The van der Waals surface area contributed by atoms with Crippen LogP contribution in [-0.4, -0.2) is 16.2 Å². The maximum atomic E-state index is 5.92. The second-order valence-electron chi connectivity index (χ2n) is 5.29. The van der Waals surface area contributed by atoms with Crippen LogP contribution < -0.4 is 5.73 Å². The first-order valence-corrected chi connectivity index (χ1v) is 7.30. The third-order valence-corrected chi connectivity index (χ3v) is 3.70. The van der Waals surface area contributed by atoms with Crippen LogP contribution in [0.3, 0.4) is 0 Å². The summed E-state index contributed by atoms with van der Waals surface area (Å²) >= 11 is 0. The van der Waals surface area contributed by atoms with E-state index in [2.05, 4.69) is 47.4 Å². The molecule has 108 valence electrons. The number of benzene rings is 2. The van der Waals surface area contributed by atoms with E-state index in [9.17, 15) is 0 Å². The number of aromatic nitrogens is 2. The molecular formula is C17H19N3O. The Balaban J connectivity index is 1.82. The fraction of sp³-hybridized carbons (Fsp3) is 0.294. The number of hydrogen-bond donors (Lipinski definition) is 1. The van der Waals surface area contributed by atoms with Crippen molar-refractivity contribution in [3.05, 3.63) is 59.7 Å². The molecule has 0 saturated carbocycles. The molecule has 0 aliphatic heterocycles. The van der Waals surface area contributed by atoms with Crippen molar-refractivity contribution in [3.63, 3.8) is 0 Å². The van der Waals surface area contributed by atoms with Gasteiger partial charge in [0.1, 0.15) is 0 Å². The predicted molar refractivity (Wildman–Crippen MR) is 83.0 cm³/mol. The normalized spacial score (nSPS) is 12.7. The van der Waals surface area contributed by atoms with Gasteiger partial charge in [-0.2, -0.15) is 4.98 Å². The van der Waals surface area contributed by atoms with Crippen LogP contribution in [0.1, 0.15) is 30.6 Å². The maximum Gasteiger partial charge on any atom is 0.231 e. The summed E-state index contributed by atoms with van der Waals surface area (Å²) in [5.41, 5.74) is 7.12. The van der Waals surface area contributed by atoms with Gasteiger partial charge in [0.15, 0.2) is 5.82 Å². The van der Waals surface area contributed by atoms with Crippen LogP contribution in [0.5, 0.6) is 0 Å². The summed E-state index contributed by atoms with van der Waals surface area (Å²) < 4.78 is 5.35. The van der Waals surface area contributed by atoms with Crippen molar-refractivity contribution >= 4 is 10.8 Å². The monoisotopic (exact) mass is 281 g/mol. The lowest BCUT2D eigenvalue weighted by Crippen LogP contribution is -2.22. The molecular weight excluding hydrogens is 262 g/mol. The molecule has 1 aromatic heterocycles. The summed E-state index contributed by atoms with van der Waals surface area (Å²) in [6.45, 7) is 2.06. The van der Waals surface area contributed by atoms with Crippen molar-refractivity contribution < 1.29 is 4.52 Å². The second kappa shape index (κ2) is 6.06. The van der Waals surface area contributed by atoms with Crippen LogP contribution >= 0.6 is 0 Å². The van der Waals surface area contributed by atoms with Crippen LogP contribution in [0, 0.1) is 0 Å². The van der Waals surface area contributed by atoms with Crippen molar-refractivity contribution in [1.29, 1.82) is 0 Å². The lowest BCUT2D eigenvalue weighted by Gasteiger charge is -2.04. The van der Waals surface area contributed by atoms with Gasteiger partial charge < -0.3 is 10.3 Å². The van der Waals surface area contributed by atoms with Crippen molar-refractivity contribution in [2.24, 2.45) is 5.73 Å². The van der Waals surface area contributed by atoms with Gasteiger partial charge in [0.05, 0.1) is 6.42 Å². The summed E-state index contributed by atoms with van der Waals surface area (Å²) in [6.07, 6.45) is 2.22. The minimum Gasteiger partial charge on any atom is -0.339 e. The number of hydrogen-bond acceptors (Lipinski definition) is 4. The van der Waals surface area contributed by atoms with E-state index in [0.717, 1.165) is 6.42 Å². The van der Waals surface area contributed by atoms with Crippen molar-refractivity contribution in [1.82, 2.24) is 10.1 Å². The van der Waals surface area contributed by atoms with Crippen LogP contribution in [0.25, 0.3) is 10.8 Å². The molecule has 4 nitrogen and oxygen atoms in total. The number of rotatable bonds is 5. The Morgan fingerprint density at radius 2 is 1.95 bits per heavy atom. The van der Waals surface area contributed by atoms with Gasteiger partial charge in [-0.3, -0.25) is 0 Å². The standard InChI is InChI=1S/C17H19N3O/c1-2-14(18)11-16-19-17(21-20-16)10-13-8-5-7-12-6-3-4-9-15(12)13/h3-9,14H,2,10-11,18H2,1H3. The number of fused-ring (bicyclic) bond motifs is 1.